The minimum atomic E-state index is -3.47. The quantitative estimate of drug-likeness (QED) is 0.813. The van der Waals surface area contributed by atoms with E-state index in [9.17, 15) is 8.42 Å². The van der Waals surface area contributed by atoms with Crippen molar-refractivity contribution in [2.75, 3.05) is 6.54 Å². The van der Waals surface area contributed by atoms with Gasteiger partial charge in [-0.15, -0.1) is 0 Å². The lowest BCUT2D eigenvalue weighted by Gasteiger charge is -2.11. The van der Waals surface area contributed by atoms with Gasteiger partial charge in [0.15, 0.2) is 0 Å². The van der Waals surface area contributed by atoms with Crippen molar-refractivity contribution in [2.45, 2.75) is 30.6 Å². The second-order valence-electron chi connectivity index (χ2n) is 4.89. The lowest BCUT2D eigenvalue weighted by atomic mass is 10.1. The average molecular weight is 298 g/mol. The standard InChI is InChI=1S/C13H18N2O2S2/c14-13(18)11-6-3-7-12(8-11)19(16,17)15-9-10-4-1-2-5-10/h3,6-8,10,15H,1-2,4-5,9H2,(H2,14,18). The Morgan fingerprint density at radius 1 is 1.37 bits per heavy atom. The maximum Gasteiger partial charge on any atom is 0.240 e. The molecule has 0 unspecified atom stereocenters. The van der Waals surface area contributed by atoms with Crippen LogP contribution in [0.5, 0.6) is 0 Å². The van der Waals surface area contributed by atoms with Crippen LogP contribution in [0.2, 0.25) is 0 Å². The molecule has 0 amide bonds. The molecule has 1 aliphatic rings. The Morgan fingerprint density at radius 3 is 2.68 bits per heavy atom. The van der Waals surface area contributed by atoms with E-state index in [-0.39, 0.29) is 9.88 Å². The smallest absolute Gasteiger partial charge is 0.240 e. The van der Waals surface area contributed by atoms with E-state index in [1.165, 1.54) is 18.9 Å². The molecule has 0 saturated heterocycles. The average Bonchev–Trinajstić information content (AvgIpc) is 2.90. The zero-order chi connectivity index (χ0) is 13.9. The Hall–Kier alpha value is -0.980. The summed E-state index contributed by atoms with van der Waals surface area (Å²) in [6, 6.07) is 6.43. The Labute approximate surface area is 119 Å². The van der Waals surface area contributed by atoms with Crippen LogP contribution in [0.25, 0.3) is 0 Å². The summed E-state index contributed by atoms with van der Waals surface area (Å²) in [5.74, 6) is 0.466. The molecule has 1 aromatic rings. The fraction of sp³-hybridized carbons (Fsp3) is 0.462. The fourth-order valence-corrected chi connectivity index (χ4v) is 3.63. The van der Waals surface area contributed by atoms with Crippen LogP contribution >= 0.6 is 12.2 Å². The van der Waals surface area contributed by atoms with E-state index in [2.05, 4.69) is 4.72 Å². The number of hydrogen-bond acceptors (Lipinski definition) is 3. The molecule has 4 nitrogen and oxygen atoms in total. The summed E-state index contributed by atoms with van der Waals surface area (Å²) in [4.78, 5) is 0.420. The van der Waals surface area contributed by atoms with Crippen LogP contribution < -0.4 is 10.5 Å². The van der Waals surface area contributed by atoms with Gasteiger partial charge in [0.1, 0.15) is 4.99 Å². The molecule has 0 spiro atoms. The lowest BCUT2D eigenvalue weighted by Crippen LogP contribution is -2.28. The first-order valence-electron chi connectivity index (χ1n) is 6.38. The van der Waals surface area contributed by atoms with Gasteiger partial charge in [-0.1, -0.05) is 37.2 Å². The summed E-state index contributed by atoms with van der Waals surface area (Å²) in [5.41, 5.74) is 6.08. The first kappa shape index (κ1) is 14.4. The van der Waals surface area contributed by atoms with Crippen molar-refractivity contribution in [3.8, 4) is 0 Å². The molecule has 0 atom stereocenters. The topological polar surface area (TPSA) is 72.2 Å². The van der Waals surface area contributed by atoms with E-state index < -0.39 is 10.0 Å². The van der Waals surface area contributed by atoms with Crippen LogP contribution in [0.15, 0.2) is 29.2 Å². The van der Waals surface area contributed by atoms with E-state index in [4.69, 9.17) is 18.0 Å². The van der Waals surface area contributed by atoms with Gasteiger partial charge < -0.3 is 5.73 Å². The third-order valence-electron chi connectivity index (χ3n) is 3.47. The van der Waals surface area contributed by atoms with E-state index in [1.807, 2.05) is 0 Å². The molecule has 1 fully saturated rings. The summed E-state index contributed by atoms with van der Waals surface area (Å²) in [6.45, 7) is 0.514. The molecule has 104 valence electrons. The van der Waals surface area contributed by atoms with Gasteiger partial charge >= 0.3 is 0 Å². The number of hydrogen-bond donors (Lipinski definition) is 2. The minimum Gasteiger partial charge on any atom is -0.389 e. The van der Waals surface area contributed by atoms with Crippen molar-refractivity contribution in [1.82, 2.24) is 4.72 Å². The Morgan fingerprint density at radius 2 is 2.05 bits per heavy atom. The molecule has 1 saturated carbocycles. The summed E-state index contributed by atoms with van der Waals surface area (Å²) in [7, 11) is -3.47. The summed E-state index contributed by atoms with van der Waals surface area (Å²) in [5, 5.41) is 0. The van der Waals surface area contributed by atoms with E-state index >= 15 is 0 Å². The zero-order valence-corrected chi connectivity index (χ0v) is 12.3. The first-order chi connectivity index (χ1) is 8.99. The van der Waals surface area contributed by atoms with E-state index in [0.717, 1.165) is 12.8 Å². The minimum absolute atomic E-state index is 0.202. The molecule has 0 aromatic heterocycles. The van der Waals surface area contributed by atoms with Gasteiger partial charge in [-0.05, 0) is 30.9 Å². The van der Waals surface area contributed by atoms with E-state index in [0.29, 0.717) is 18.0 Å². The normalized spacial score (nSPS) is 16.6. The lowest BCUT2D eigenvalue weighted by molar-refractivity contribution is 0.519. The number of nitrogens with two attached hydrogens (primary N) is 1. The predicted molar refractivity (Wildman–Crippen MR) is 79.5 cm³/mol. The number of thiocarbonyl (C=S) groups is 1. The summed E-state index contributed by atoms with van der Waals surface area (Å²) in [6.07, 6.45) is 4.61. The van der Waals surface area contributed by atoms with Gasteiger partial charge in [-0.25, -0.2) is 13.1 Å². The van der Waals surface area contributed by atoms with Crippen molar-refractivity contribution >= 4 is 27.2 Å². The van der Waals surface area contributed by atoms with Gasteiger partial charge in [0.25, 0.3) is 0 Å². The number of rotatable bonds is 5. The van der Waals surface area contributed by atoms with Crippen LogP contribution in [-0.4, -0.2) is 20.0 Å². The van der Waals surface area contributed by atoms with E-state index in [1.54, 1.807) is 18.2 Å². The SMILES string of the molecule is NC(=S)c1cccc(S(=O)(=O)NCC2CCCC2)c1. The van der Waals surface area contributed by atoms with Gasteiger partial charge in [0.05, 0.1) is 4.90 Å². The molecular formula is C13H18N2O2S2. The highest BCUT2D eigenvalue weighted by molar-refractivity contribution is 7.89. The van der Waals surface area contributed by atoms with Gasteiger partial charge in [-0.2, -0.15) is 0 Å². The maximum absolute atomic E-state index is 12.2. The van der Waals surface area contributed by atoms with Crippen LogP contribution in [0, 0.1) is 5.92 Å². The molecule has 0 radical (unpaired) electrons. The van der Waals surface area contributed by atoms with Gasteiger partial charge in [0, 0.05) is 12.1 Å². The maximum atomic E-state index is 12.2. The molecule has 3 N–H and O–H groups in total. The molecule has 6 heteroatoms. The van der Waals surface area contributed by atoms with Crippen molar-refractivity contribution in [1.29, 1.82) is 0 Å². The van der Waals surface area contributed by atoms with Crippen LogP contribution in [-0.2, 0) is 10.0 Å². The van der Waals surface area contributed by atoms with Crippen molar-refractivity contribution in [3.63, 3.8) is 0 Å². The molecule has 2 rings (SSSR count). The van der Waals surface area contributed by atoms with Gasteiger partial charge in [0.2, 0.25) is 10.0 Å². The summed E-state index contributed by atoms with van der Waals surface area (Å²) < 4.78 is 27.0. The highest BCUT2D eigenvalue weighted by Crippen LogP contribution is 2.24. The second kappa shape index (κ2) is 5.98. The molecule has 0 bridgehead atoms. The molecule has 1 aliphatic carbocycles. The Balaban J connectivity index is 2.09. The number of benzene rings is 1. The molecule has 0 heterocycles. The molecule has 19 heavy (non-hydrogen) atoms. The largest absolute Gasteiger partial charge is 0.389 e. The second-order valence-corrected chi connectivity index (χ2v) is 7.10. The van der Waals surface area contributed by atoms with Crippen molar-refractivity contribution in [3.05, 3.63) is 29.8 Å². The Kier molecular flexibility index (Phi) is 4.54. The monoisotopic (exact) mass is 298 g/mol. The number of nitrogens with one attached hydrogen (secondary N) is 1. The Bertz CT molecular complexity index is 564. The first-order valence-corrected chi connectivity index (χ1v) is 8.28. The summed E-state index contributed by atoms with van der Waals surface area (Å²) >= 11 is 4.86. The van der Waals surface area contributed by atoms with Crippen LogP contribution in [0.1, 0.15) is 31.2 Å². The predicted octanol–water partition coefficient (Wildman–Crippen LogP) is 1.79. The highest BCUT2D eigenvalue weighted by Gasteiger charge is 2.20. The molecular weight excluding hydrogens is 280 g/mol. The highest BCUT2D eigenvalue weighted by atomic mass is 32.2. The fourth-order valence-electron chi connectivity index (χ4n) is 2.34. The van der Waals surface area contributed by atoms with Crippen molar-refractivity contribution < 1.29 is 8.42 Å². The third-order valence-corrected chi connectivity index (χ3v) is 5.12. The van der Waals surface area contributed by atoms with Gasteiger partial charge in [-0.3, -0.25) is 0 Å². The number of sulfonamides is 1. The van der Waals surface area contributed by atoms with Crippen LogP contribution in [0.3, 0.4) is 0 Å². The third kappa shape index (κ3) is 3.75. The molecule has 1 aromatic carbocycles. The zero-order valence-electron chi connectivity index (χ0n) is 10.6. The van der Waals surface area contributed by atoms with Crippen LogP contribution in [0.4, 0.5) is 0 Å². The molecule has 0 aliphatic heterocycles. The van der Waals surface area contributed by atoms with Crippen molar-refractivity contribution in [2.24, 2.45) is 11.7 Å².